The molecule has 1 unspecified atom stereocenters. The summed E-state index contributed by atoms with van der Waals surface area (Å²) in [6.07, 6.45) is 3.58. The number of nitrogens with two attached hydrogens (primary N) is 1. The third-order valence-electron chi connectivity index (χ3n) is 6.82. The van der Waals surface area contributed by atoms with Crippen molar-refractivity contribution in [2.24, 2.45) is 5.73 Å². The summed E-state index contributed by atoms with van der Waals surface area (Å²) in [5.74, 6) is 0.391. The lowest BCUT2D eigenvalue weighted by molar-refractivity contribution is -0.131. The molecule has 41 heavy (non-hydrogen) atoms. The first-order chi connectivity index (χ1) is 19.7. The van der Waals surface area contributed by atoms with Gasteiger partial charge in [0.1, 0.15) is 19.0 Å². The number of rotatable bonds is 12. The van der Waals surface area contributed by atoms with Crippen molar-refractivity contribution in [2.75, 3.05) is 19.8 Å². The molecule has 0 spiro atoms. The van der Waals surface area contributed by atoms with Crippen LogP contribution in [0.1, 0.15) is 33.7 Å². The Morgan fingerprint density at radius 3 is 2.27 bits per heavy atom. The third kappa shape index (κ3) is 8.14. The minimum atomic E-state index is -0.973. The zero-order valence-electron chi connectivity index (χ0n) is 23.1. The van der Waals surface area contributed by atoms with Crippen LogP contribution in [0.5, 0.6) is 11.5 Å². The molecule has 212 valence electrons. The van der Waals surface area contributed by atoms with E-state index in [4.69, 9.17) is 43.5 Å². The van der Waals surface area contributed by atoms with E-state index in [9.17, 15) is 4.79 Å². The van der Waals surface area contributed by atoms with Gasteiger partial charge in [-0.15, -0.1) is 0 Å². The summed E-state index contributed by atoms with van der Waals surface area (Å²) in [6, 6.07) is 25.8. The van der Waals surface area contributed by atoms with Gasteiger partial charge in [0.25, 0.3) is 0 Å². The molecule has 0 heterocycles. The van der Waals surface area contributed by atoms with E-state index in [-0.39, 0.29) is 5.92 Å². The van der Waals surface area contributed by atoms with Crippen LogP contribution in [0.3, 0.4) is 0 Å². The van der Waals surface area contributed by atoms with Crippen molar-refractivity contribution in [3.8, 4) is 22.6 Å². The monoisotopic (exact) mass is 589 g/mol. The summed E-state index contributed by atoms with van der Waals surface area (Å²) in [7, 11) is 0. The van der Waals surface area contributed by atoms with Crippen LogP contribution >= 0.6 is 23.2 Å². The zero-order valence-corrected chi connectivity index (χ0v) is 24.6. The van der Waals surface area contributed by atoms with Gasteiger partial charge in [0.05, 0.1) is 10.0 Å². The highest BCUT2D eigenvalue weighted by Crippen LogP contribution is 2.34. The molecular weight excluding hydrogens is 557 g/mol. The van der Waals surface area contributed by atoms with Crippen LogP contribution < -0.4 is 15.2 Å². The Morgan fingerprint density at radius 1 is 0.927 bits per heavy atom. The van der Waals surface area contributed by atoms with Crippen LogP contribution in [-0.4, -0.2) is 30.8 Å². The van der Waals surface area contributed by atoms with Crippen LogP contribution in [0.15, 0.2) is 84.9 Å². The molecular formula is C34H33Cl2NO4. The van der Waals surface area contributed by atoms with Crippen LogP contribution in [0.2, 0.25) is 10.0 Å². The summed E-state index contributed by atoms with van der Waals surface area (Å²) < 4.78 is 11.6. The molecule has 7 heteroatoms. The van der Waals surface area contributed by atoms with Gasteiger partial charge >= 0.3 is 5.97 Å². The smallest absolute Gasteiger partial charge is 0.328 e. The van der Waals surface area contributed by atoms with Gasteiger partial charge in [-0.2, -0.15) is 0 Å². The minimum absolute atomic E-state index is 0.148. The van der Waals surface area contributed by atoms with E-state index in [1.54, 1.807) is 6.08 Å². The Labute approximate surface area is 251 Å². The fourth-order valence-electron chi connectivity index (χ4n) is 4.82. The van der Waals surface area contributed by atoms with Crippen LogP contribution in [0, 0.1) is 13.8 Å². The quantitative estimate of drug-likeness (QED) is 0.129. The molecule has 4 rings (SSSR count). The second-order valence-corrected chi connectivity index (χ2v) is 10.7. The Hall–Kier alpha value is -3.77. The molecule has 0 aliphatic carbocycles. The highest BCUT2D eigenvalue weighted by Gasteiger charge is 2.15. The second kappa shape index (κ2) is 14.2. The van der Waals surface area contributed by atoms with Crippen LogP contribution in [-0.2, 0) is 11.2 Å². The predicted molar refractivity (Wildman–Crippen MR) is 167 cm³/mol. The number of benzene rings is 4. The van der Waals surface area contributed by atoms with Crippen LogP contribution in [0.25, 0.3) is 17.2 Å². The molecule has 4 aromatic carbocycles. The first-order valence-corrected chi connectivity index (χ1v) is 14.1. The average Bonchev–Trinajstić information content (AvgIpc) is 2.95. The molecule has 0 aromatic heterocycles. The molecule has 0 radical (unpaired) electrons. The first-order valence-electron chi connectivity index (χ1n) is 13.4. The van der Waals surface area contributed by atoms with E-state index in [1.165, 1.54) is 5.56 Å². The summed E-state index contributed by atoms with van der Waals surface area (Å²) in [5, 5.41) is 10.00. The Bertz CT molecular complexity index is 1510. The molecule has 0 saturated heterocycles. The molecule has 0 amide bonds. The van der Waals surface area contributed by atoms with Gasteiger partial charge < -0.3 is 20.3 Å². The molecule has 0 aliphatic rings. The number of carbonyl (C=O) groups is 1. The van der Waals surface area contributed by atoms with Gasteiger partial charge in [-0.1, -0.05) is 77.8 Å². The number of carboxylic acids is 1. The lowest BCUT2D eigenvalue weighted by Crippen LogP contribution is -2.16. The number of aryl methyl sites for hydroxylation is 2. The summed E-state index contributed by atoms with van der Waals surface area (Å²) >= 11 is 12.5. The van der Waals surface area contributed by atoms with Crippen LogP contribution in [0.4, 0.5) is 0 Å². The van der Waals surface area contributed by atoms with E-state index in [0.717, 1.165) is 51.6 Å². The fourth-order valence-corrected chi connectivity index (χ4v) is 5.53. The van der Waals surface area contributed by atoms with Crippen molar-refractivity contribution in [3.05, 3.63) is 123 Å². The van der Waals surface area contributed by atoms with Crippen molar-refractivity contribution in [1.29, 1.82) is 0 Å². The fraction of sp³-hybridized carbons (Fsp3) is 0.206. The number of halogens is 2. The average molecular weight is 591 g/mol. The third-order valence-corrected chi connectivity index (χ3v) is 7.38. The number of ether oxygens (including phenoxy) is 2. The SMILES string of the molecule is Cc1cc(Cl)c(OCCOc2ccc(CC(CN)c3ccc(-c4ccccc4/C=C/C(=O)O)cc3C)cc2)c(Cl)c1. The van der Waals surface area contributed by atoms with Gasteiger partial charge in [-0.3, -0.25) is 0 Å². The molecule has 0 aliphatic heterocycles. The summed E-state index contributed by atoms with van der Waals surface area (Å²) in [5.41, 5.74) is 13.6. The standard InChI is InChI=1S/C34H33Cl2NO4/c1-22-17-31(35)34(32(36)18-22)41-16-15-40-28-11-7-24(8-12-28)20-27(21-37)29-13-9-26(19-23(29)2)30-6-4-3-5-25(30)10-14-33(38)39/h3-14,17-19,27H,15-16,20-21,37H2,1-2H3,(H,38,39)/b14-10+. The van der Waals surface area contributed by atoms with Crippen molar-refractivity contribution in [3.63, 3.8) is 0 Å². The second-order valence-electron chi connectivity index (χ2n) is 9.87. The lowest BCUT2D eigenvalue weighted by Gasteiger charge is -2.19. The van der Waals surface area contributed by atoms with E-state index in [1.807, 2.05) is 55.5 Å². The van der Waals surface area contributed by atoms with Crippen molar-refractivity contribution >= 4 is 35.2 Å². The number of carboxylic acid groups (broad SMARTS) is 1. The van der Waals surface area contributed by atoms with Gasteiger partial charge in [0.15, 0.2) is 5.75 Å². The molecule has 0 fully saturated rings. The molecule has 0 bridgehead atoms. The van der Waals surface area contributed by atoms with E-state index in [0.29, 0.717) is 35.6 Å². The summed E-state index contributed by atoms with van der Waals surface area (Å²) in [6.45, 7) is 5.19. The highest BCUT2D eigenvalue weighted by atomic mass is 35.5. The van der Waals surface area contributed by atoms with Gasteiger partial charge in [-0.05, 0) is 96.1 Å². The predicted octanol–water partition coefficient (Wildman–Crippen LogP) is 8.12. The molecule has 5 nitrogen and oxygen atoms in total. The van der Waals surface area contributed by atoms with E-state index >= 15 is 0 Å². The maximum Gasteiger partial charge on any atom is 0.328 e. The number of hydrogen-bond donors (Lipinski definition) is 2. The molecule has 3 N–H and O–H groups in total. The van der Waals surface area contributed by atoms with Gasteiger partial charge in [0.2, 0.25) is 0 Å². The first kappa shape index (κ1) is 30.2. The minimum Gasteiger partial charge on any atom is -0.490 e. The normalized spacial score (nSPS) is 11.9. The maximum absolute atomic E-state index is 11.0. The van der Waals surface area contributed by atoms with Crippen molar-refractivity contribution < 1.29 is 19.4 Å². The van der Waals surface area contributed by atoms with Crippen molar-refractivity contribution in [1.82, 2.24) is 0 Å². The molecule has 4 aromatic rings. The Balaban J connectivity index is 1.37. The Kier molecular flexibility index (Phi) is 10.5. The van der Waals surface area contributed by atoms with E-state index in [2.05, 4.69) is 37.3 Å². The van der Waals surface area contributed by atoms with Gasteiger partial charge in [-0.25, -0.2) is 4.79 Å². The lowest BCUT2D eigenvalue weighted by atomic mass is 9.87. The molecule has 1 atom stereocenters. The number of hydrogen-bond acceptors (Lipinski definition) is 4. The van der Waals surface area contributed by atoms with Gasteiger partial charge in [0, 0.05) is 12.0 Å². The largest absolute Gasteiger partial charge is 0.490 e. The molecule has 0 saturated carbocycles. The Morgan fingerprint density at radius 2 is 1.61 bits per heavy atom. The topological polar surface area (TPSA) is 81.8 Å². The van der Waals surface area contributed by atoms with Crippen molar-refractivity contribution in [2.45, 2.75) is 26.2 Å². The zero-order chi connectivity index (χ0) is 29.4. The van der Waals surface area contributed by atoms with E-state index < -0.39 is 5.97 Å². The number of aliphatic carboxylic acids is 1. The summed E-state index contributed by atoms with van der Waals surface area (Å²) in [4.78, 5) is 11.0. The highest BCUT2D eigenvalue weighted by molar-refractivity contribution is 6.37. The maximum atomic E-state index is 11.0.